The Morgan fingerprint density at radius 2 is 2.06 bits per heavy atom. The molecule has 1 unspecified atom stereocenters. The zero-order chi connectivity index (χ0) is 12.1. The molecule has 0 fully saturated rings. The van der Waals surface area contributed by atoms with Crippen LogP contribution in [0.15, 0.2) is 17.3 Å². The van der Waals surface area contributed by atoms with Crippen LogP contribution in [-0.4, -0.2) is 16.8 Å². The van der Waals surface area contributed by atoms with Crippen molar-refractivity contribution in [3.63, 3.8) is 0 Å². The van der Waals surface area contributed by atoms with Crippen LogP contribution in [0.1, 0.15) is 31.9 Å². The third kappa shape index (κ3) is 3.80. The first-order valence-corrected chi connectivity index (χ1v) is 6.74. The third-order valence-electron chi connectivity index (χ3n) is 2.76. The van der Waals surface area contributed by atoms with Crippen molar-refractivity contribution in [3.05, 3.63) is 23.4 Å². The van der Waals surface area contributed by atoms with Gasteiger partial charge in [-0.05, 0) is 36.9 Å². The van der Waals surface area contributed by atoms with Gasteiger partial charge in [0.05, 0.1) is 5.03 Å². The van der Waals surface area contributed by atoms with Gasteiger partial charge in [-0.1, -0.05) is 26.8 Å². The van der Waals surface area contributed by atoms with Crippen LogP contribution >= 0.6 is 11.8 Å². The molecule has 0 aliphatic rings. The molecule has 1 heterocycles. The minimum absolute atomic E-state index is 0.603. The number of nitrogens with two attached hydrogens (primary N) is 1. The van der Waals surface area contributed by atoms with E-state index < -0.39 is 0 Å². The predicted octanol–water partition coefficient (Wildman–Crippen LogP) is 3.03. The molecule has 3 heteroatoms. The van der Waals surface area contributed by atoms with Crippen molar-refractivity contribution in [3.8, 4) is 0 Å². The van der Waals surface area contributed by atoms with Gasteiger partial charge in [0.2, 0.25) is 0 Å². The van der Waals surface area contributed by atoms with E-state index in [0.717, 1.165) is 11.4 Å². The number of hydrogen-bond acceptors (Lipinski definition) is 3. The van der Waals surface area contributed by atoms with E-state index in [1.54, 1.807) is 0 Å². The van der Waals surface area contributed by atoms with Crippen molar-refractivity contribution in [2.75, 3.05) is 6.54 Å². The Morgan fingerprint density at radius 1 is 1.38 bits per heavy atom. The second-order valence-electron chi connectivity index (χ2n) is 4.57. The van der Waals surface area contributed by atoms with E-state index in [-0.39, 0.29) is 0 Å². The average molecular weight is 238 g/mol. The number of aryl methyl sites for hydroxylation is 1. The Kier molecular flexibility index (Phi) is 5.29. The highest BCUT2D eigenvalue weighted by Gasteiger charge is 2.11. The van der Waals surface area contributed by atoms with Crippen molar-refractivity contribution in [1.82, 2.24) is 4.98 Å². The van der Waals surface area contributed by atoms with Crippen LogP contribution in [0.4, 0.5) is 0 Å². The predicted molar refractivity (Wildman–Crippen MR) is 71.9 cm³/mol. The molecule has 0 bridgehead atoms. The maximum Gasteiger partial charge on any atom is 0.0991 e. The molecular formula is C13H22N2S. The smallest absolute Gasteiger partial charge is 0.0991 e. The van der Waals surface area contributed by atoms with E-state index in [1.165, 1.54) is 11.1 Å². The van der Waals surface area contributed by atoms with Crippen LogP contribution in [0.25, 0.3) is 0 Å². The number of thioether (sulfide) groups is 1. The maximum atomic E-state index is 5.54. The molecule has 0 aromatic carbocycles. The van der Waals surface area contributed by atoms with E-state index in [9.17, 15) is 0 Å². The van der Waals surface area contributed by atoms with Gasteiger partial charge in [-0.2, -0.15) is 0 Å². The lowest BCUT2D eigenvalue weighted by Gasteiger charge is -2.15. The highest BCUT2D eigenvalue weighted by Crippen LogP contribution is 2.28. The summed E-state index contributed by atoms with van der Waals surface area (Å²) in [4.78, 5) is 4.53. The number of aromatic nitrogens is 1. The van der Waals surface area contributed by atoms with Gasteiger partial charge in [-0.15, -0.1) is 11.8 Å². The highest BCUT2D eigenvalue weighted by atomic mass is 32.2. The van der Waals surface area contributed by atoms with Crippen molar-refractivity contribution in [2.24, 2.45) is 11.7 Å². The lowest BCUT2D eigenvalue weighted by atomic mass is 10.1. The van der Waals surface area contributed by atoms with Gasteiger partial charge in [-0.25, -0.2) is 4.98 Å². The molecular weight excluding hydrogens is 216 g/mol. The molecule has 2 nitrogen and oxygen atoms in total. The lowest BCUT2D eigenvalue weighted by Crippen LogP contribution is -2.07. The summed E-state index contributed by atoms with van der Waals surface area (Å²) in [7, 11) is 0. The van der Waals surface area contributed by atoms with E-state index in [1.807, 2.05) is 18.0 Å². The van der Waals surface area contributed by atoms with Crippen LogP contribution in [0.2, 0.25) is 0 Å². The summed E-state index contributed by atoms with van der Waals surface area (Å²) >= 11 is 1.86. The highest BCUT2D eigenvalue weighted by molar-refractivity contribution is 7.99. The van der Waals surface area contributed by atoms with Gasteiger partial charge in [0.1, 0.15) is 0 Å². The molecule has 0 amide bonds. The maximum absolute atomic E-state index is 5.54. The van der Waals surface area contributed by atoms with E-state index in [2.05, 4.69) is 38.7 Å². The standard InChI is InChI=1S/C13H22N2S/c1-9(2)11(4)16-13-10(3)7-12(5-6-14)8-15-13/h7-9,11H,5-6,14H2,1-4H3. The lowest BCUT2D eigenvalue weighted by molar-refractivity contribution is 0.641. The largest absolute Gasteiger partial charge is 0.330 e. The molecule has 1 aromatic heterocycles. The molecule has 0 saturated carbocycles. The van der Waals surface area contributed by atoms with Gasteiger partial charge in [0.15, 0.2) is 0 Å². The number of nitrogens with zero attached hydrogens (tertiary/aromatic N) is 1. The van der Waals surface area contributed by atoms with E-state index >= 15 is 0 Å². The Balaban J connectivity index is 2.75. The first kappa shape index (κ1) is 13.5. The fraction of sp³-hybridized carbons (Fsp3) is 0.615. The molecule has 1 atom stereocenters. The molecule has 16 heavy (non-hydrogen) atoms. The average Bonchev–Trinajstić information content (AvgIpc) is 2.22. The van der Waals surface area contributed by atoms with Gasteiger partial charge in [-0.3, -0.25) is 0 Å². The summed E-state index contributed by atoms with van der Waals surface area (Å²) < 4.78 is 0. The Morgan fingerprint density at radius 3 is 2.56 bits per heavy atom. The molecule has 0 radical (unpaired) electrons. The summed E-state index contributed by atoms with van der Waals surface area (Å²) in [6.07, 6.45) is 2.87. The van der Waals surface area contributed by atoms with Crippen molar-refractivity contribution < 1.29 is 0 Å². The monoisotopic (exact) mass is 238 g/mol. The molecule has 0 spiro atoms. The summed E-state index contributed by atoms with van der Waals surface area (Å²) in [6, 6.07) is 2.20. The summed E-state index contributed by atoms with van der Waals surface area (Å²) in [5.74, 6) is 0.676. The SMILES string of the molecule is Cc1cc(CCN)cnc1SC(C)C(C)C. The second kappa shape index (κ2) is 6.26. The normalized spacial score (nSPS) is 13.1. The summed E-state index contributed by atoms with van der Waals surface area (Å²) in [6.45, 7) is 9.56. The zero-order valence-corrected chi connectivity index (χ0v) is 11.5. The zero-order valence-electron chi connectivity index (χ0n) is 10.7. The Hall–Kier alpha value is -0.540. The quantitative estimate of drug-likeness (QED) is 0.801. The Labute approximate surface area is 103 Å². The third-order valence-corrected chi connectivity index (χ3v) is 4.32. The van der Waals surface area contributed by atoms with Crippen LogP contribution in [0.3, 0.4) is 0 Å². The number of hydrogen-bond donors (Lipinski definition) is 1. The topological polar surface area (TPSA) is 38.9 Å². The molecule has 0 saturated heterocycles. The molecule has 0 aliphatic heterocycles. The van der Waals surface area contributed by atoms with Crippen LogP contribution < -0.4 is 5.73 Å². The van der Waals surface area contributed by atoms with E-state index in [4.69, 9.17) is 5.73 Å². The van der Waals surface area contributed by atoms with Crippen molar-refractivity contribution >= 4 is 11.8 Å². The fourth-order valence-corrected chi connectivity index (χ4v) is 2.34. The second-order valence-corrected chi connectivity index (χ2v) is 5.94. The minimum Gasteiger partial charge on any atom is -0.330 e. The minimum atomic E-state index is 0.603. The van der Waals surface area contributed by atoms with Gasteiger partial charge < -0.3 is 5.73 Å². The fourth-order valence-electron chi connectivity index (χ4n) is 1.36. The first-order chi connectivity index (χ1) is 7.54. The molecule has 0 aliphatic carbocycles. The van der Waals surface area contributed by atoms with Gasteiger partial charge in [0.25, 0.3) is 0 Å². The number of pyridine rings is 1. The molecule has 2 N–H and O–H groups in total. The Bertz CT molecular complexity index is 337. The van der Waals surface area contributed by atoms with Gasteiger partial charge >= 0.3 is 0 Å². The van der Waals surface area contributed by atoms with Crippen molar-refractivity contribution in [2.45, 2.75) is 44.4 Å². The first-order valence-electron chi connectivity index (χ1n) is 5.86. The van der Waals surface area contributed by atoms with Crippen molar-refractivity contribution in [1.29, 1.82) is 0 Å². The summed E-state index contributed by atoms with van der Waals surface area (Å²) in [5.41, 5.74) is 8.04. The van der Waals surface area contributed by atoms with E-state index in [0.29, 0.717) is 17.7 Å². The van der Waals surface area contributed by atoms with Crippen LogP contribution in [0, 0.1) is 12.8 Å². The molecule has 1 aromatic rings. The van der Waals surface area contributed by atoms with Crippen LogP contribution in [0.5, 0.6) is 0 Å². The van der Waals surface area contributed by atoms with Gasteiger partial charge in [0, 0.05) is 11.4 Å². The summed E-state index contributed by atoms with van der Waals surface area (Å²) in [5, 5.41) is 1.76. The number of rotatable bonds is 5. The molecule has 90 valence electrons. The van der Waals surface area contributed by atoms with Crippen LogP contribution in [-0.2, 0) is 6.42 Å². The molecule has 1 rings (SSSR count).